The number of thioether (sulfide) groups is 1. The van der Waals surface area contributed by atoms with E-state index in [0.29, 0.717) is 11.1 Å². The number of hydrogen-bond acceptors (Lipinski definition) is 5. The highest BCUT2D eigenvalue weighted by molar-refractivity contribution is 7.99. The van der Waals surface area contributed by atoms with Gasteiger partial charge < -0.3 is 10.2 Å². The molecule has 1 aromatic rings. The van der Waals surface area contributed by atoms with Crippen LogP contribution in [0.15, 0.2) is 9.64 Å². The first kappa shape index (κ1) is 13.5. The highest BCUT2D eigenvalue weighted by atomic mass is 32.2. The van der Waals surface area contributed by atoms with E-state index in [1.54, 1.807) is 18.7 Å². The Kier molecular flexibility index (Phi) is 4.38. The van der Waals surface area contributed by atoms with E-state index in [0.717, 1.165) is 6.42 Å². The summed E-state index contributed by atoms with van der Waals surface area (Å²) in [4.78, 5) is 0. The summed E-state index contributed by atoms with van der Waals surface area (Å²) in [5.74, 6) is 0.597. The summed E-state index contributed by atoms with van der Waals surface area (Å²) in [5, 5.41) is 8.72. The topological polar surface area (TPSA) is 64.9 Å². The quantitative estimate of drug-likeness (QED) is 0.823. The molecule has 0 spiro atoms. The fourth-order valence-corrected chi connectivity index (χ4v) is 2.75. The van der Waals surface area contributed by atoms with Crippen LogP contribution in [-0.4, -0.2) is 21.5 Å². The van der Waals surface area contributed by atoms with Gasteiger partial charge in [-0.2, -0.15) is 0 Å². The molecule has 2 unspecified atom stereocenters. The van der Waals surface area contributed by atoms with Crippen molar-refractivity contribution in [1.82, 2.24) is 10.2 Å². The SMILES string of the molecule is CCC(N)C(Sc1nnc(C)o1)C(C)(C)C. The molecule has 0 saturated heterocycles. The Morgan fingerprint density at radius 2 is 2.00 bits per heavy atom. The molecule has 1 aromatic heterocycles. The molecule has 0 aliphatic rings. The van der Waals surface area contributed by atoms with E-state index in [4.69, 9.17) is 10.2 Å². The number of aryl methyl sites for hydroxylation is 1. The molecular weight excluding hydrogens is 222 g/mol. The van der Waals surface area contributed by atoms with E-state index in [1.807, 2.05) is 0 Å². The smallest absolute Gasteiger partial charge is 0.276 e. The molecule has 1 rings (SSSR count). The zero-order valence-electron chi connectivity index (χ0n) is 10.7. The standard InChI is InChI=1S/C11H21N3OS/c1-6-8(12)9(11(3,4)5)16-10-14-13-7(2)15-10/h8-9H,6,12H2,1-5H3. The average molecular weight is 243 g/mol. The van der Waals surface area contributed by atoms with E-state index < -0.39 is 0 Å². The van der Waals surface area contributed by atoms with Gasteiger partial charge in [0, 0.05) is 18.2 Å². The lowest BCUT2D eigenvalue weighted by Crippen LogP contribution is -2.40. The monoisotopic (exact) mass is 243 g/mol. The summed E-state index contributed by atoms with van der Waals surface area (Å²) in [6.07, 6.45) is 0.946. The third kappa shape index (κ3) is 3.49. The zero-order chi connectivity index (χ0) is 12.3. The van der Waals surface area contributed by atoms with Crippen LogP contribution in [0.25, 0.3) is 0 Å². The first-order valence-corrected chi connectivity index (χ1v) is 6.45. The summed E-state index contributed by atoms with van der Waals surface area (Å²) < 4.78 is 5.39. The Labute approximate surface area is 101 Å². The van der Waals surface area contributed by atoms with Gasteiger partial charge in [0.1, 0.15) is 0 Å². The maximum absolute atomic E-state index is 6.15. The third-order valence-corrected chi connectivity index (χ3v) is 4.13. The molecule has 16 heavy (non-hydrogen) atoms. The molecule has 2 atom stereocenters. The number of aromatic nitrogens is 2. The Hall–Kier alpha value is -0.550. The summed E-state index contributed by atoms with van der Waals surface area (Å²) in [6.45, 7) is 10.4. The number of nitrogens with two attached hydrogens (primary N) is 1. The molecule has 0 bridgehead atoms. The molecule has 2 N–H and O–H groups in total. The van der Waals surface area contributed by atoms with Crippen molar-refractivity contribution >= 4 is 11.8 Å². The molecular formula is C11H21N3OS. The number of rotatable bonds is 4. The van der Waals surface area contributed by atoms with Crippen molar-refractivity contribution in [3.8, 4) is 0 Å². The van der Waals surface area contributed by atoms with E-state index in [-0.39, 0.29) is 16.7 Å². The van der Waals surface area contributed by atoms with Gasteiger partial charge in [0.05, 0.1) is 0 Å². The van der Waals surface area contributed by atoms with Gasteiger partial charge in [-0.3, -0.25) is 0 Å². The summed E-state index contributed by atoms with van der Waals surface area (Å²) in [5.41, 5.74) is 6.26. The fraction of sp³-hybridized carbons (Fsp3) is 0.818. The first-order valence-electron chi connectivity index (χ1n) is 5.57. The van der Waals surface area contributed by atoms with Crippen LogP contribution in [0.2, 0.25) is 0 Å². The minimum atomic E-state index is 0.114. The molecule has 4 nitrogen and oxygen atoms in total. The highest BCUT2D eigenvalue weighted by Crippen LogP contribution is 2.36. The Bertz CT molecular complexity index is 332. The molecule has 92 valence electrons. The lowest BCUT2D eigenvalue weighted by molar-refractivity contribution is 0.344. The Morgan fingerprint density at radius 3 is 2.38 bits per heavy atom. The van der Waals surface area contributed by atoms with Crippen LogP contribution >= 0.6 is 11.8 Å². The van der Waals surface area contributed by atoms with E-state index in [9.17, 15) is 0 Å². The van der Waals surface area contributed by atoms with Crippen LogP contribution in [0.1, 0.15) is 40.0 Å². The van der Waals surface area contributed by atoms with Gasteiger partial charge in [-0.15, -0.1) is 10.2 Å². The Balaban J connectivity index is 2.79. The van der Waals surface area contributed by atoms with Crippen molar-refractivity contribution in [3.05, 3.63) is 5.89 Å². The second kappa shape index (κ2) is 5.19. The molecule has 0 aliphatic heterocycles. The van der Waals surface area contributed by atoms with E-state index >= 15 is 0 Å². The van der Waals surface area contributed by atoms with E-state index in [2.05, 4.69) is 37.9 Å². The fourth-order valence-electron chi connectivity index (χ4n) is 1.56. The molecule has 0 radical (unpaired) electrons. The molecule has 0 aliphatic carbocycles. The normalized spacial score (nSPS) is 16.1. The zero-order valence-corrected chi connectivity index (χ0v) is 11.5. The van der Waals surface area contributed by atoms with Crippen LogP contribution in [0, 0.1) is 12.3 Å². The van der Waals surface area contributed by atoms with Gasteiger partial charge in [0.15, 0.2) is 0 Å². The lowest BCUT2D eigenvalue weighted by atomic mass is 9.87. The predicted molar refractivity (Wildman–Crippen MR) is 66.4 cm³/mol. The van der Waals surface area contributed by atoms with Gasteiger partial charge in [-0.1, -0.05) is 39.5 Å². The van der Waals surface area contributed by atoms with E-state index in [1.165, 1.54) is 0 Å². The molecule has 0 amide bonds. The maximum Gasteiger partial charge on any atom is 0.276 e. The van der Waals surface area contributed by atoms with Gasteiger partial charge in [0.25, 0.3) is 5.22 Å². The minimum Gasteiger partial charge on any atom is -0.416 e. The molecule has 1 heterocycles. The summed E-state index contributed by atoms with van der Waals surface area (Å²) in [7, 11) is 0. The van der Waals surface area contributed by atoms with Crippen molar-refractivity contribution in [2.75, 3.05) is 0 Å². The van der Waals surface area contributed by atoms with Gasteiger partial charge in [-0.25, -0.2) is 0 Å². The van der Waals surface area contributed by atoms with Gasteiger partial charge in [-0.05, 0) is 11.8 Å². The summed E-state index contributed by atoms with van der Waals surface area (Å²) in [6, 6.07) is 0.136. The molecule has 0 fully saturated rings. The molecule has 0 saturated carbocycles. The van der Waals surface area contributed by atoms with Crippen molar-refractivity contribution in [1.29, 1.82) is 0 Å². The minimum absolute atomic E-state index is 0.114. The third-order valence-electron chi connectivity index (χ3n) is 2.45. The molecule has 5 heteroatoms. The van der Waals surface area contributed by atoms with Crippen LogP contribution < -0.4 is 5.73 Å². The van der Waals surface area contributed by atoms with Crippen molar-refractivity contribution in [2.24, 2.45) is 11.1 Å². The second-order valence-corrected chi connectivity index (χ2v) is 6.16. The Morgan fingerprint density at radius 1 is 1.38 bits per heavy atom. The van der Waals surface area contributed by atoms with Crippen molar-refractivity contribution in [3.63, 3.8) is 0 Å². The van der Waals surface area contributed by atoms with Gasteiger partial charge in [0.2, 0.25) is 5.89 Å². The van der Waals surface area contributed by atoms with Crippen LogP contribution in [-0.2, 0) is 0 Å². The summed E-state index contributed by atoms with van der Waals surface area (Å²) >= 11 is 1.58. The average Bonchev–Trinajstić information content (AvgIpc) is 2.57. The van der Waals surface area contributed by atoms with Crippen LogP contribution in [0.4, 0.5) is 0 Å². The second-order valence-electron chi connectivity index (χ2n) is 5.06. The van der Waals surface area contributed by atoms with Crippen molar-refractivity contribution in [2.45, 2.75) is 57.6 Å². The number of hydrogen-bond donors (Lipinski definition) is 1. The van der Waals surface area contributed by atoms with Gasteiger partial charge >= 0.3 is 0 Å². The largest absolute Gasteiger partial charge is 0.416 e. The maximum atomic E-state index is 6.15. The van der Waals surface area contributed by atoms with Crippen LogP contribution in [0.3, 0.4) is 0 Å². The number of nitrogens with zero attached hydrogens (tertiary/aromatic N) is 2. The molecule has 0 aromatic carbocycles. The van der Waals surface area contributed by atoms with Crippen LogP contribution in [0.5, 0.6) is 0 Å². The first-order chi connectivity index (χ1) is 7.34. The lowest BCUT2D eigenvalue weighted by Gasteiger charge is -2.33. The van der Waals surface area contributed by atoms with Crippen molar-refractivity contribution < 1.29 is 4.42 Å². The highest BCUT2D eigenvalue weighted by Gasteiger charge is 2.31. The predicted octanol–water partition coefficient (Wildman–Crippen LogP) is 2.62.